The van der Waals surface area contributed by atoms with Crippen molar-refractivity contribution >= 4 is 40.4 Å². The Kier molecular flexibility index (Phi) is 5.66. The van der Waals surface area contributed by atoms with Crippen LogP contribution in [-0.4, -0.2) is 28.4 Å². The summed E-state index contributed by atoms with van der Waals surface area (Å²) >= 11 is 7.64. The van der Waals surface area contributed by atoms with E-state index in [9.17, 15) is 4.79 Å². The molecule has 130 valence electrons. The number of benzene rings is 2. The van der Waals surface area contributed by atoms with Crippen molar-refractivity contribution in [3.8, 4) is 0 Å². The standard InChI is InChI=1S/C19H19ClN2O2S/c1-13(25-12-18(23)24-2)19-21-16-10-15(20)8-9-17(16)22(19)11-14-6-4-3-5-7-14/h3-10,13H,11-12H2,1-2H3. The molecule has 3 aromatic rings. The average Bonchev–Trinajstić information content (AvgIpc) is 2.97. The van der Waals surface area contributed by atoms with Crippen LogP contribution in [0.1, 0.15) is 23.6 Å². The van der Waals surface area contributed by atoms with Crippen LogP contribution in [0.4, 0.5) is 0 Å². The number of aromatic nitrogens is 2. The van der Waals surface area contributed by atoms with E-state index in [1.807, 2.05) is 36.4 Å². The Balaban J connectivity index is 1.97. The van der Waals surface area contributed by atoms with Gasteiger partial charge in [0.15, 0.2) is 0 Å². The largest absolute Gasteiger partial charge is 0.468 e. The SMILES string of the molecule is COC(=O)CSC(C)c1nc2cc(Cl)ccc2n1Cc1ccccc1. The fourth-order valence-corrected chi connectivity index (χ4v) is 3.69. The predicted molar refractivity (Wildman–Crippen MR) is 103 cm³/mol. The number of methoxy groups -OCH3 is 1. The molecule has 1 heterocycles. The molecule has 0 aliphatic rings. The third-order valence-electron chi connectivity index (χ3n) is 3.97. The number of carbonyl (C=O) groups is 1. The Bertz CT molecular complexity index is 880. The lowest BCUT2D eigenvalue weighted by molar-refractivity contribution is -0.137. The van der Waals surface area contributed by atoms with Crippen molar-refractivity contribution in [3.63, 3.8) is 0 Å². The number of thioether (sulfide) groups is 1. The molecule has 25 heavy (non-hydrogen) atoms. The van der Waals surface area contributed by atoms with Crippen molar-refractivity contribution in [3.05, 3.63) is 64.9 Å². The minimum Gasteiger partial charge on any atom is -0.468 e. The molecule has 0 N–H and O–H groups in total. The highest BCUT2D eigenvalue weighted by Crippen LogP contribution is 2.32. The quantitative estimate of drug-likeness (QED) is 0.586. The van der Waals surface area contributed by atoms with Crippen LogP contribution in [0.25, 0.3) is 11.0 Å². The van der Waals surface area contributed by atoms with E-state index in [0.717, 1.165) is 23.4 Å². The van der Waals surface area contributed by atoms with Gasteiger partial charge in [0.25, 0.3) is 0 Å². The summed E-state index contributed by atoms with van der Waals surface area (Å²) in [5.74, 6) is 0.994. The monoisotopic (exact) mass is 374 g/mol. The van der Waals surface area contributed by atoms with E-state index >= 15 is 0 Å². The zero-order valence-electron chi connectivity index (χ0n) is 14.1. The topological polar surface area (TPSA) is 44.1 Å². The van der Waals surface area contributed by atoms with Crippen LogP contribution in [0, 0.1) is 0 Å². The van der Waals surface area contributed by atoms with E-state index in [1.165, 1.54) is 24.4 Å². The molecular weight excluding hydrogens is 356 g/mol. The van der Waals surface area contributed by atoms with Crippen LogP contribution in [0.3, 0.4) is 0 Å². The highest BCUT2D eigenvalue weighted by Gasteiger charge is 2.19. The van der Waals surface area contributed by atoms with Crippen molar-refractivity contribution in [2.24, 2.45) is 0 Å². The van der Waals surface area contributed by atoms with Gasteiger partial charge in [-0.1, -0.05) is 41.9 Å². The molecule has 0 saturated heterocycles. The molecule has 0 saturated carbocycles. The summed E-state index contributed by atoms with van der Waals surface area (Å²) < 4.78 is 6.92. The van der Waals surface area contributed by atoms with Gasteiger partial charge in [0, 0.05) is 11.6 Å². The highest BCUT2D eigenvalue weighted by atomic mass is 35.5. The fourth-order valence-electron chi connectivity index (χ4n) is 2.69. The number of ether oxygens (including phenoxy) is 1. The Hall–Kier alpha value is -1.98. The van der Waals surface area contributed by atoms with Crippen molar-refractivity contribution in [1.82, 2.24) is 9.55 Å². The molecule has 0 aliphatic carbocycles. The predicted octanol–water partition coefficient (Wildman–Crippen LogP) is 4.71. The second-order valence-corrected chi connectivity index (χ2v) is 7.47. The van der Waals surface area contributed by atoms with Crippen molar-refractivity contribution in [2.75, 3.05) is 12.9 Å². The molecule has 0 fully saturated rings. The van der Waals surface area contributed by atoms with E-state index in [4.69, 9.17) is 21.3 Å². The number of hydrogen-bond acceptors (Lipinski definition) is 4. The molecule has 2 aromatic carbocycles. The van der Waals surface area contributed by atoms with Gasteiger partial charge in [-0.15, -0.1) is 11.8 Å². The molecule has 0 aliphatic heterocycles. The van der Waals surface area contributed by atoms with Crippen LogP contribution < -0.4 is 0 Å². The van der Waals surface area contributed by atoms with Gasteiger partial charge in [-0.2, -0.15) is 0 Å². The minimum absolute atomic E-state index is 0.0500. The summed E-state index contributed by atoms with van der Waals surface area (Å²) in [6, 6.07) is 16.0. The Labute approximate surface area is 156 Å². The maximum atomic E-state index is 11.5. The van der Waals surface area contributed by atoms with Gasteiger partial charge in [0.05, 0.1) is 29.1 Å². The number of hydrogen-bond donors (Lipinski definition) is 0. The van der Waals surface area contributed by atoms with Crippen LogP contribution in [0.2, 0.25) is 5.02 Å². The molecule has 3 rings (SSSR count). The summed E-state index contributed by atoms with van der Waals surface area (Å²) in [4.78, 5) is 16.2. The van der Waals surface area contributed by atoms with Crippen molar-refractivity contribution in [2.45, 2.75) is 18.7 Å². The summed E-state index contributed by atoms with van der Waals surface area (Å²) in [6.07, 6.45) is 0. The lowest BCUT2D eigenvalue weighted by Gasteiger charge is -2.14. The second-order valence-electron chi connectivity index (χ2n) is 5.70. The van der Waals surface area contributed by atoms with Gasteiger partial charge in [-0.05, 0) is 30.7 Å². The molecule has 1 unspecified atom stereocenters. The van der Waals surface area contributed by atoms with E-state index in [-0.39, 0.29) is 11.2 Å². The molecule has 1 atom stereocenters. The van der Waals surface area contributed by atoms with Gasteiger partial charge < -0.3 is 9.30 Å². The van der Waals surface area contributed by atoms with Gasteiger partial charge in [-0.3, -0.25) is 4.79 Å². The Morgan fingerprint density at radius 3 is 2.76 bits per heavy atom. The van der Waals surface area contributed by atoms with Crippen LogP contribution in [-0.2, 0) is 16.1 Å². The number of fused-ring (bicyclic) bond motifs is 1. The summed E-state index contributed by atoms with van der Waals surface area (Å²) in [5.41, 5.74) is 3.10. The van der Waals surface area contributed by atoms with Crippen LogP contribution >= 0.6 is 23.4 Å². The molecule has 0 bridgehead atoms. The lowest BCUT2D eigenvalue weighted by Crippen LogP contribution is -2.09. The smallest absolute Gasteiger partial charge is 0.315 e. The van der Waals surface area contributed by atoms with Gasteiger partial charge >= 0.3 is 5.97 Å². The van der Waals surface area contributed by atoms with Gasteiger partial charge in [-0.25, -0.2) is 4.98 Å². The number of halogens is 1. The van der Waals surface area contributed by atoms with E-state index in [2.05, 4.69) is 23.6 Å². The van der Waals surface area contributed by atoms with Gasteiger partial charge in [0.2, 0.25) is 0 Å². The molecule has 1 aromatic heterocycles. The maximum absolute atomic E-state index is 11.5. The summed E-state index contributed by atoms with van der Waals surface area (Å²) in [6.45, 7) is 2.77. The first-order chi connectivity index (χ1) is 12.1. The number of rotatable bonds is 6. The zero-order chi connectivity index (χ0) is 17.8. The van der Waals surface area contributed by atoms with Gasteiger partial charge in [0.1, 0.15) is 5.82 Å². The van der Waals surface area contributed by atoms with Crippen molar-refractivity contribution in [1.29, 1.82) is 0 Å². The third-order valence-corrected chi connectivity index (χ3v) is 5.31. The first kappa shape index (κ1) is 17.8. The molecule has 0 spiro atoms. The normalized spacial score (nSPS) is 12.3. The molecule has 4 nitrogen and oxygen atoms in total. The molecule has 6 heteroatoms. The third kappa shape index (κ3) is 4.17. The summed E-state index contributed by atoms with van der Waals surface area (Å²) in [7, 11) is 1.40. The molecular formula is C19H19ClN2O2S. The molecule has 0 radical (unpaired) electrons. The number of nitrogens with zero attached hydrogens (tertiary/aromatic N) is 2. The number of carbonyl (C=O) groups excluding carboxylic acids is 1. The van der Waals surface area contributed by atoms with Crippen molar-refractivity contribution < 1.29 is 9.53 Å². The van der Waals surface area contributed by atoms with E-state index < -0.39 is 0 Å². The number of imidazole rings is 1. The lowest BCUT2D eigenvalue weighted by atomic mass is 10.2. The second kappa shape index (κ2) is 7.93. The first-order valence-electron chi connectivity index (χ1n) is 7.96. The fraction of sp³-hybridized carbons (Fsp3) is 0.263. The Morgan fingerprint density at radius 2 is 2.04 bits per heavy atom. The highest BCUT2D eigenvalue weighted by molar-refractivity contribution is 8.00. The zero-order valence-corrected chi connectivity index (χ0v) is 15.7. The van der Waals surface area contributed by atoms with E-state index in [1.54, 1.807) is 0 Å². The minimum atomic E-state index is -0.231. The average molecular weight is 375 g/mol. The number of esters is 1. The summed E-state index contributed by atoms with van der Waals surface area (Å²) in [5, 5.41) is 0.715. The van der Waals surface area contributed by atoms with Crippen LogP contribution in [0.15, 0.2) is 48.5 Å². The maximum Gasteiger partial charge on any atom is 0.315 e. The molecule has 0 amide bonds. The van der Waals surface area contributed by atoms with E-state index in [0.29, 0.717) is 10.8 Å². The van der Waals surface area contributed by atoms with Crippen LogP contribution in [0.5, 0.6) is 0 Å². The Morgan fingerprint density at radius 1 is 1.28 bits per heavy atom. The first-order valence-corrected chi connectivity index (χ1v) is 9.39.